The first-order chi connectivity index (χ1) is 14.2. The average molecular weight is 387 g/mol. The van der Waals surface area contributed by atoms with E-state index in [1.165, 1.54) is 23.9 Å². The third kappa shape index (κ3) is 2.66. The molecule has 7 nitrogen and oxygen atoms in total. The van der Waals surface area contributed by atoms with Crippen LogP contribution in [0.25, 0.3) is 22.3 Å². The van der Waals surface area contributed by atoms with Crippen molar-refractivity contribution in [1.29, 1.82) is 5.26 Å². The summed E-state index contributed by atoms with van der Waals surface area (Å²) in [6, 6.07) is 8.66. The van der Waals surface area contributed by atoms with Gasteiger partial charge in [-0.05, 0) is 37.8 Å². The van der Waals surface area contributed by atoms with Gasteiger partial charge in [-0.1, -0.05) is 0 Å². The monoisotopic (exact) mass is 387 g/mol. The fraction of sp³-hybridized carbons (Fsp3) is 0.500. The molecule has 1 N–H and O–H groups in total. The number of nitrogens with one attached hydrogen (secondary N) is 1. The number of hydrogen-bond acceptors (Lipinski definition) is 5. The first-order valence-electron chi connectivity index (χ1n) is 10.6. The average Bonchev–Trinajstić information content (AvgIpc) is 3.37. The Morgan fingerprint density at radius 2 is 1.97 bits per heavy atom. The van der Waals surface area contributed by atoms with Gasteiger partial charge in [0.25, 0.3) is 0 Å². The molecule has 2 unspecified atom stereocenters. The smallest absolute Gasteiger partial charge is 0.139 e. The lowest BCUT2D eigenvalue weighted by Gasteiger charge is -2.49. The van der Waals surface area contributed by atoms with Gasteiger partial charge in [0.05, 0.1) is 18.0 Å². The molecule has 5 heterocycles. The summed E-state index contributed by atoms with van der Waals surface area (Å²) in [5.74, 6) is 0.281. The molecule has 0 amide bonds. The molecule has 0 radical (unpaired) electrons. The third-order valence-electron chi connectivity index (χ3n) is 7.12. The molecule has 3 aliphatic rings. The van der Waals surface area contributed by atoms with Crippen molar-refractivity contribution >= 4 is 16.7 Å². The Labute approximate surface area is 169 Å². The fourth-order valence-corrected chi connectivity index (χ4v) is 5.67. The summed E-state index contributed by atoms with van der Waals surface area (Å²) in [7, 11) is 1.94. The van der Waals surface area contributed by atoms with E-state index in [1.807, 2.05) is 30.3 Å². The lowest BCUT2D eigenvalue weighted by atomic mass is 9.79. The number of fused-ring (bicyclic) bond motifs is 3. The summed E-state index contributed by atoms with van der Waals surface area (Å²) in [4.78, 5) is 13.4. The van der Waals surface area contributed by atoms with E-state index >= 15 is 0 Å². The maximum absolute atomic E-state index is 9.14. The van der Waals surface area contributed by atoms with E-state index in [1.54, 1.807) is 0 Å². The first-order valence-corrected chi connectivity index (χ1v) is 10.6. The molecular formula is C22H25N7. The molecule has 29 heavy (non-hydrogen) atoms. The van der Waals surface area contributed by atoms with E-state index in [0.29, 0.717) is 18.1 Å². The van der Waals surface area contributed by atoms with Crippen molar-refractivity contribution in [3.63, 3.8) is 0 Å². The second-order valence-corrected chi connectivity index (χ2v) is 8.87. The van der Waals surface area contributed by atoms with Crippen LogP contribution in [0.15, 0.2) is 30.7 Å². The van der Waals surface area contributed by atoms with Crippen LogP contribution in [0, 0.1) is 17.2 Å². The predicted octanol–water partition coefficient (Wildman–Crippen LogP) is 2.92. The zero-order chi connectivity index (χ0) is 19.5. The van der Waals surface area contributed by atoms with Crippen molar-refractivity contribution in [1.82, 2.24) is 24.6 Å². The molecule has 0 aromatic carbocycles. The van der Waals surface area contributed by atoms with Gasteiger partial charge < -0.3 is 9.88 Å². The van der Waals surface area contributed by atoms with Gasteiger partial charge in [-0.15, -0.1) is 0 Å². The summed E-state index contributed by atoms with van der Waals surface area (Å²) in [5.41, 5.74) is 4.36. The van der Waals surface area contributed by atoms with E-state index in [4.69, 9.17) is 5.26 Å². The van der Waals surface area contributed by atoms with Crippen LogP contribution in [0.3, 0.4) is 0 Å². The molecule has 148 valence electrons. The lowest BCUT2D eigenvalue weighted by molar-refractivity contribution is 0.0439. The Balaban J connectivity index is 1.28. The van der Waals surface area contributed by atoms with E-state index in [0.717, 1.165) is 42.8 Å². The van der Waals surface area contributed by atoms with Gasteiger partial charge in [0.1, 0.15) is 5.65 Å². The normalized spacial score (nSPS) is 29.2. The maximum atomic E-state index is 9.14. The maximum Gasteiger partial charge on any atom is 0.139 e. The van der Waals surface area contributed by atoms with Crippen LogP contribution in [0.2, 0.25) is 0 Å². The molecule has 1 aliphatic carbocycles. The summed E-state index contributed by atoms with van der Waals surface area (Å²) < 4.78 is 1.82. The third-order valence-corrected chi connectivity index (χ3v) is 7.12. The quantitative estimate of drug-likeness (QED) is 0.748. The number of pyridine rings is 1. The van der Waals surface area contributed by atoms with Crippen LogP contribution >= 0.6 is 0 Å². The van der Waals surface area contributed by atoms with Gasteiger partial charge in [-0.25, -0.2) is 4.98 Å². The molecule has 3 fully saturated rings. The topological polar surface area (TPSA) is 76.8 Å². The number of piperazine rings is 1. The van der Waals surface area contributed by atoms with Gasteiger partial charge in [0.15, 0.2) is 0 Å². The number of anilines is 1. The first kappa shape index (κ1) is 17.0. The van der Waals surface area contributed by atoms with Gasteiger partial charge >= 0.3 is 0 Å². The largest absolute Gasteiger partial charge is 0.368 e. The molecule has 0 spiro atoms. The zero-order valence-corrected chi connectivity index (χ0v) is 16.6. The molecule has 2 aliphatic heterocycles. The molecule has 2 bridgehead atoms. The van der Waals surface area contributed by atoms with Crippen LogP contribution in [0.1, 0.15) is 25.7 Å². The fourth-order valence-electron chi connectivity index (χ4n) is 5.67. The van der Waals surface area contributed by atoms with Gasteiger partial charge in [-0.2, -0.15) is 10.4 Å². The Bertz CT molecular complexity index is 1090. The number of H-pyrrole nitrogens is 1. The molecular weight excluding hydrogens is 362 g/mol. The molecule has 6 rings (SSSR count). The van der Waals surface area contributed by atoms with Crippen LogP contribution < -0.4 is 4.90 Å². The summed E-state index contributed by atoms with van der Waals surface area (Å²) in [6.07, 6.45) is 10.5. The molecule has 3 aromatic rings. The van der Waals surface area contributed by atoms with Crippen molar-refractivity contribution in [2.75, 3.05) is 18.0 Å². The highest BCUT2D eigenvalue weighted by atomic mass is 15.3. The van der Waals surface area contributed by atoms with Crippen LogP contribution in [-0.2, 0) is 7.05 Å². The standard InChI is InChI=1S/C22H25N7/c1-27-11-15(10-25-27)20-8-19-21(4-5-24-22(19)26-20)28-12-16-2-3-17(13-28)29(16)18-6-14(7-18)9-23/h4-5,8,10-11,14,16-18H,2-3,6-7,12-13H2,1H3,(H,24,26). The van der Waals surface area contributed by atoms with Gasteiger partial charge in [0.2, 0.25) is 0 Å². The van der Waals surface area contributed by atoms with Crippen molar-refractivity contribution in [3.05, 3.63) is 30.7 Å². The van der Waals surface area contributed by atoms with Crippen molar-refractivity contribution in [2.45, 2.75) is 43.8 Å². The van der Waals surface area contributed by atoms with Crippen molar-refractivity contribution in [2.24, 2.45) is 13.0 Å². The second kappa shape index (κ2) is 6.33. The second-order valence-electron chi connectivity index (χ2n) is 8.87. The Morgan fingerprint density at radius 1 is 1.17 bits per heavy atom. The number of aryl methyl sites for hydroxylation is 1. The molecule has 3 aromatic heterocycles. The number of nitriles is 1. The highest BCUT2D eigenvalue weighted by molar-refractivity contribution is 5.93. The SMILES string of the molecule is Cn1cc(-c2cc3c(N4CC5CCC(C4)N5C4CC(C#N)C4)ccnc3[nH]2)cn1. The van der Waals surface area contributed by atoms with E-state index in [2.05, 4.69) is 43.1 Å². The number of nitrogens with zero attached hydrogens (tertiary/aromatic N) is 6. The predicted molar refractivity (Wildman–Crippen MR) is 111 cm³/mol. The Hall–Kier alpha value is -2.85. The minimum Gasteiger partial charge on any atom is -0.368 e. The molecule has 1 saturated carbocycles. The molecule has 7 heteroatoms. The minimum atomic E-state index is 0.281. The van der Waals surface area contributed by atoms with E-state index < -0.39 is 0 Å². The highest BCUT2D eigenvalue weighted by Crippen LogP contribution is 2.42. The van der Waals surface area contributed by atoms with Crippen LogP contribution in [0.4, 0.5) is 5.69 Å². The van der Waals surface area contributed by atoms with Crippen LogP contribution in [-0.4, -0.2) is 55.9 Å². The van der Waals surface area contributed by atoms with Gasteiger partial charge in [0, 0.05) is 73.2 Å². The minimum absolute atomic E-state index is 0.281. The van der Waals surface area contributed by atoms with Crippen LogP contribution in [0.5, 0.6) is 0 Å². The zero-order valence-electron chi connectivity index (χ0n) is 16.6. The lowest BCUT2D eigenvalue weighted by Crippen LogP contribution is -2.60. The van der Waals surface area contributed by atoms with E-state index in [9.17, 15) is 0 Å². The number of aromatic amines is 1. The number of hydrogen-bond donors (Lipinski definition) is 1. The number of aromatic nitrogens is 4. The molecule has 2 atom stereocenters. The highest BCUT2D eigenvalue weighted by Gasteiger charge is 2.47. The van der Waals surface area contributed by atoms with Crippen molar-refractivity contribution < 1.29 is 0 Å². The summed E-state index contributed by atoms with van der Waals surface area (Å²) in [5, 5.41) is 14.6. The summed E-state index contributed by atoms with van der Waals surface area (Å²) in [6.45, 7) is 2.13. The van der Waals surface area contributed by atoms with E-state index in [-0.39, 0.29) is 5.92 Å². The Morgan fingerprint density at radius 3 is 2.66 bits per heavy atom. The molecule has 2 saturated heterocycles. The number of rotatable bonds is 3. The summed E-state index contributed by atoms with van der Waals surface area (Å²) >= 11 is 0. The Kier molecular flexibility index (Phi) is 3.72. The van der Waals surface area contributed by atoms with Crippen molar-refractivity contribution in [3.8, 4) is 17.3 Å². The van der Waals surface area contributed by atoms with Gasteiger partial charge in [-0.3, -0.25) is 9.58 Å².